The second-order valence-corrected chi connectivity index (χ2v) is 5.12. The molecule has 1 unspecified atom stereocenters. The van der Waals surface area contributed by atoms with Gasteiger partial charge in [0.15, 0.2) is 0 Å². The molecular formula is C14H19BrFNO. The van der Waals surface area contributed by atoms with Crippen LogP contribution in [0.3, 0.4) is 0 Å². The average Bonchev–Trinajstić information content (AvgIpc) is 2.89. The Balaban J connectivity index is 2.20. The smallest absolute Gasteiger partial charge is 0.146 e. The first-order chi connectivity index (χ1) is 8.76. The van der Waals surface area contributed by atoms with Gasteiger partial charge in [-0.3, -0.25) is 0 Å². The van der Waals surface area contributed by atoms with Crippen LogP contribution in [0.5, 0.6) is 0 Å². The summed E-state index contributed by atoms with van der Waals surface area (Å²) in [6.07, 6.45) is 2.44. The molecule has 0 aliphatic carbocycles. The summed E-state index contributed by atoms with van der Waals surface area (Å²) in [5.41, 5.74) is 1.71. The summed E-state index contributed by atoms with van der Waals surface area (Å²) in [7, 11) is 0. The van der Waals surface area contributed by atoms with Gasteiger partial charge in [0.1, 0.15) is 5.82 Å². The summed E-state index contributed by atoms with van der Waals surface area (Å²) in [6, 6.07) is 5.25. The molecule has 2 rings (SSSR count). The quantitative estimate of drug-likeness (QED) is 0.768. The summed E-state index contributed by atoms with van der Waals surface area (Å²) in [5, 5.41) is 0.669. The van der Waals surface area contributed by atoms with Crippen molar-refractivity contribution in [2.45, 2.75) is 31.2 Å². The average molecular weight is 316 g/mol. The lowest BCUT2D eigenvalue weighted by atomic mass is 10.1. The van der Waals surface area contributed by atoms with Gasteiger partial charge in [-0.05, 0) is 31.4 Å². The molecule has 18 heavy (non-hydrogen) atoms. The second kappa shape index (κ2) is 6.53. The maximum absolute atomic E-state index is 14.0. The molecule has 1 atom stereocenters. The number of benzene rings is 1. The maximum atomic E-state index is 14.0. The second-order valence-electron chi connectivity index (χ2n) is 4.55. The van der Waals surface area contributed by atoms with E-state index in [0.717, 1.165) is 38.1 Å². The van der Waals surface area contributed by atoms with E-state index in [0.29, 0.717) is 11.0 Å². The number of halogens is 2. The van der Waals surface area contributed by atoms with Crippen LogP contribution in [0, 0.1) is 5.82 Å². The van der Waals surface area contributed by atoms with Crippen LogP contribution in [0.2, 0.25) is 0 Å². The normalized spacial score (nSPS) is 19.2. The molecule has 0 aromatic heterocycles. The van der Waals surface area contributed by atoms with Gasteiger partial charge in [0.2, 0.25) is 0 Å². The van der Waals surface area contributed by atoms with Crippen LogP contribution in [-0.2, 0) is 10.1 Å². The van der Waals surface area contributed by atoms with Crippen molar-refractivity contribution >= 4 is 21.6 Å². The molecule has 0 amide bonds. The molecule has 100 valence electrons. The topological polar surface area (TPSA) is 12.5 Å². The van der Waals surface area contributed by atoms with Crippen molar-refractivity contribution in [3.8, 4) is 0 Å². The molecule has 0 N–H and O–H groups in total. The predicted molar refractivity (Wildman–Crippen MR) is 75.9 cm³/mol. The highest BCUT2D eigenvalue weighted by atomic mass is 79.9. The van der Waals surface area contributed by atoms with Crippen molar-refractivity contribution in [1.82, 2.24) is 0 Å². The SMILES string of the molecule is CCN(CC1CCCO1)c1c(F)cccc1CBr. The van der Waals surface area contributed by atoms with Crippen molar-refractivity contribution in [2.75, 3.05) is 24.6 Å². The fourth-order valence-electron chi connectivity index (χ4n) is 2.43. The number of nitrogens with zero attached hydrogens (tertiary/aromatic N) is 1. The zero-order valence-electron chi connectivity index (χ0n) is 10.7. The van der Waals surface area contributed by atoms with E-state index in [1.54, 1.807) is 6.07 Å². The molecule has 1 aliphatic heterocycles. The molecule has 0 saturated carbocycles. The summed E-state index contributed by atoms with van der Waals surface area (Å²) in [6.45, 7) is 4.46. The monoisotopic (exact) mass is 315 g/mol. The van der Waals surface area contributed by atoms with Crippen LogP contribution in [0.1, 0.15) is 25.3 Å². The van der Waals surface area contributed by atoms with Gasteiger partial charge >= 0.3 is 0 Å². The van der Waals surface area contributed by atoms with Crippen LogP contribution in [0.15, 0.2) is 18.2 Å². The molecule has 1 heterocycles. The highest BCUT2D eigenvalue weighted by molar-refractivity contribution is 9.08. The largest absolute Gasteiger partial charge is 0.376 e. The molecule has 1 saturated heterocycles. The summed E-state index contributed by atoms with van der Waals surface area (Å²) in [4.78, 5) is 2.09. The number of para-hydroxylation sites is 1. The molecule has 4 heteroatoms. The minimum Gasteiger partial charge on any atom is -0.376 e. The van der Waals surface area contributed by atoms with Gasteiger partial charge in [-0.25, -0.2) is 4.39 Å². The fourth-order valence-corrected chi connectivity index (χ4v) is 2.89. The number of ether oxygens (including phenoxy) is 1. The molecule has 0 bridgehead atoms. The van der Waals surface area contributed by atoms with E-state index in [2.05, 4.69) is 27.8 Å². The highest BCUT2D eigenvalue weighted by Gasteiger charge is 2.21. The Morgan fingerprint density at radius 2 is 2.33 bits per heavy atom. The molecule has 1 aliphatic rings. The number of rotatable bonds is 5. The van der Waals surface area contributed by atoms with Crippen LogP contribution in [0.25, 0.3) is 0 Å². The Kier molecular flexibility index (Phi) is 5.01. The lowest BCUT2D eigenvalue weighted by molar-refractivity contribution is 0.115. The molecule has 1 aromatic rings. The molecule has 0 spiro atoms. The Hall–Kier alpha value is -0.610. The highest BCUT2D eigenvalue weighted by Crippen LogP contribution is 2.27. The third-order valence-electron chi connectivity index (χ3n) is 3.36. The Labute approximate surface area is 116 Å². The van der Waals surface area contributed by atoms with Gasteiger partial charge in [-0.2, -0.15) is 0 Å². The predicted octanol–water partition coefficient (Wildman–Crippen LogP) is 3.73. The van der Waals surface area contributed by atoms with Crippen LogP contribution < -0.4 is 4.90 Å². The molecule has 1 aromatic carbocycles. The number of alkyl halides is 1. The van der Waals surface area contributed by atoms with E-state index in [-0.39, 0.29) is 11.9 Å². The summed E-state index contributed by atoms with van der Waals surface area (Å²) in [5.74, 6) is -0.146. The lowest BCUT2D eigenvalue weighted by Crippen LogP contribution is -2.33. The maximum Gasteiger partial charge on any atom is 0.146 e. The first-order valence-electron chi connectivity index (χ1n) is 6.46. The van der Waals surface area contributed by atoms with Gasteiger partial charge in [0.25, 0.3) is 0 Å². The van der Waals surface area contributed by atoms with Crippen LogP contribution >= 0.6 is 15.9 Å². The minimum absolute atomic E-state index is 0.146. The van der Waals surface area contributed by atoms with Crippen molar-refractivity contribution in [3.63, 3.8) is 0 Å². The van der Waals surface area contributed by atoms with Crippen molar-refractivity contribution < 1.29 is 9.13 Å². The Bertz CT molecular complexity index is 393. The van der Waals surface area contributed by atoms with Crippen molar-refractivity contribution in [1.29, 1.82) is 0 Å². The zero-order chi connectivity index (χ0) is 13.0. The van der Waals surface area contributed by atoms with E-state index in [9.17, 15) is 4.39 Å². The standard InChI is InChI=1S/C14H19BrFNO/c1-2-17(10-12-6-4-8-18-12)14-11(9-15)5-3-7-13(14)16/h3,5,7,12H,2,4,6,8-10H2,1H3. The van der Waals surface area contributed by atoms with E-state index in [4.69, 9.17) is 4.74 Å². The lowest BCUT2D eigenvalue weighted by Gasteiger charge is -2.28. The Morgan fingerprint density at radius 3 is 2.94 bits per heavy atom. The van der Waals surface area contributed by atoms with E-state index in [1.165, 1.54) is 6.07 Å². The third-order valence-corrected chi connectivity index (χ3v) is 3.96. The number of anilines is 1. The van der Waals surface area contributed by atoms with Crippen molar-refractivity contribution in [2.24, 2.45) is 0 Å². The van der Waals surface area contributed by atoms with Crippen LogP contribution in [0.4, 0.5) is 10.1 Å². The van der Waals surface area contributed by atoms with Gasteiger partial charge in [0.05, 0.1) is 11.8 Å². The van der Waals surface area contributed by atoms with Crippen molar-refractivity contribution in [3.05, 3.63) is 29.6 Å². The summed E-state index contributed by atoms with van der Waals surface area (Å²) < 4.78 is 19.7. The summed E-state index contributed by atoms with van der Waals surface area (Å²) >= 11 is 3.43. The molecule has 1 fully saturated rings. The van der Waals surface area contributed by atoms with Gasteiger partial charge < -0.3 is 9.64 Å². The van der Waals surface area contributed by atoms with Gasteiger partial charge in [-0.15, -0.1) is 0 Å². The number of likely N-dealkylation sites (N-methyl/N-ethyl adjacent to an activating group) is 1. The van der Waals surface area contributed by atoms with E-state index >= 15 is 0 Å². The minimum atomic E-state index is -0.146. The number of hydrogen-bond donors (Lipinski definition) is 0. The van der Waals surface area contributed by atoms with Crippen LogP contribution in [-0.4, -0.2) is 25.8 Å². The molecule has 0 radical (unpaired) electrons. The zero-order valence-corrected chi connectivity index (χ0v) is 12.2. The number of hydrogen-bond acceptors (Lipinski definition) is 2. The first-order valence-corrected chi connectivity index (χ1v) is 7.58. The van der Waals surface area contributed by atoms with Gasteiger partial charge in [-0.1, -0.05) is 28.1 Å². The molecular weight excluding hydrogens is 297 g/mol. The fraction of sp³-hybridized carbons (Fsp3) is 0.571. The Morgan fingerprint density at radius 1 is 1.50 bits per heavy atom. The molecule has 2 nitrogen and oxygen atoms in total. The first kappa shape index (κ1) is 13.8. The van der Waals surface area contributed by atoms with E-state index in [1.807, 2.05) is 6.07 Å². The van der Waals surface area contributed by atoms with Gasteiger partial charge in [0, 0.05) is 25.0 Å². The third kappa shape index (κ3) is 3.04. The van der Waals surface area contributed by atoms with E-state index < -0.39 is 0 Å².